The number of hydrogen-bond acceptors (Lipinski definition) is 1. The molecule has 2 aromatic carbocycles. The molecule has 5 heteroatoms. The predicted molar refractivity (Wildman–Crippen MR) is 58.5 cm³/mol. The van der Waals surface area contributed by atoms with Crippen LogP contribution in [0.5, 0.6) is 5.75 Å². The summed E-state index contributed by atoms with van der Waals surface area (Å²) in [6.45, 7) is 0. The molecule has 94 valence electrons. The van der Waals surface area contributed by atoms with Crippen LogP contribution in [0.15, 0.2) is 42.5 Å². The summed E-state index contributed by atoms with van der Waals surface area (Å²) in [4.78, 5) is 0. The minimum Gasteiger partial charge on any atom is -0.507 e. The number of phenols is 1. The summed E-state index contributed by atoms with van der Waals surface area (Å²) in [5, 5.41) is 9.34. The lowest BCUT2D eigenvalue weighted by Gasteiger charge is -2.10. The lowest BCUT2D eigenvalue weighted by atomic mass is 10.0. The van der Waals surface area contributed by atoms with Crippen LogP contribution >= 0.6 is 0 Å². The fourth-order valence-corrected chi connectivity index (χ4v) is 1.63. The molecule has 0 heterocycles. The van der Waals surface area contributed by atoms with E-state index in [1.165, 1.54) is 18.2 Å². The van der Waals surface area contributed by atoms with E-state index in [9.17, 15) is 22.7 Å². The molecule has 0 amide bonds. The Kier molecular flexibility index (Phi) is 2.98. The topological polar surface area (TPSA) is 20.2 Å². The van der Waals surface area contributed by atoms with Gasteiger partial charge in [0, 0.05) is 5.56 Å². The molecule has 0 atom stereocenters. The van der Waals surface area contributed by atoms with E-state index in [2.05, 4.69) is 0 Å². The average Bonchev–Trinajstić information content (AvgIpc) is 2.27. The highest BCUT2D eigenvalue weighted by molar-refractivity contribution is 5.66. The van der Waals surface area contributed by atoms with E-state index in [0.717, 1.165) is 18.2 Å². The number of halogens is 4. The van der Waals surface area contributed by atoms with E-state index in [4.69, 9.17) is 0 Å². The summed E-state index contributed by atoms with van der Waals surface area (Å²) in [7, 11) is 0. The van der Waals surface area contributed by atoms with Crippen molar-refractivity contribution in [1.29, 1.82) is 0 Å². The Labute approximate surface area is 100 Å². The molecule has 2 aromatic rings. The summed E-state index contributed by atoms with van der Waals surface area (Å²) >= 11 is 0. The van der Waals surface area contributed by atoms with Crippen LogP contribution in [0.1, 0.15) is 5.56 Å². The van der Waals surface area contributed by atoms with Gasteiger partial charge in [0.2, 0.25) is 0 Å². The molecular weight excluding hydrogens is 248 g/mol. The number of phenolic OH excluding ortho intramolecular Hbond substituents is 1. The highest BCUT2D eigenvalue weighted by atomic mass is 19.4. The van der Waals surface area contributed by atoms with Gasteiger partial charge in [-0.2, -0.15) is 13.2 Å². The minimum atomic E-state index is -4.63. The third-order valence-electron chi connectivity index (χ3n) is 2.49. The van der Waals surface area contributed by atoms with Crippen molar-refractivity contribution in [1.82, 2.24) is 0 Å². The normalized spacial score (nSPS) is 11.6. The third-order valence-corrected chi connectivity index (χ3v) is 2.49. The van der Waals surface area contributed by atoms with Crippen LogP contribution in [-0.2, 0) is 6.18 Å². The first-order chi connectivity index (χ1) is 8.39. The van der Waals surface area contributed by atoms with Gasteiger partial charge in [-0.1, -0.05) is 24.3 Å². The molecule has 18 heavy (non-hydrogen) atoms. The Balaban J connectivity index is 2.51. The zero-order valence-electron chi connectivity index (χ0n) is 9.00. The highest BCUT2D eigenvalue weighted by Gasteiger charge is 2.33. The van der Waals surface area contributed by atoms with Crippen molar-refractivity contribution >= 4 is 0 Å². The van der Waals surface area contributed by atoms with Gasteiger partial charge in [0.15, 0.2) is 0 Å². The molecular formula is C13H8F4O. The molecule has 0 unspecified atom stereocenters. The smallest absolute Gasteiger partial charge is 0.419 e. The third kappa shape index (κ3) is 2.30. The molecule has 0 aromatic heterocycles. The number of rotatable bonds is 1. The lowest BCUT2D eigenvalue weighted by Crippen LogP contribution is -2.05. The molecule has 0 spiro atoms. The fourth-order valence-electron chi connectivity index (χ4n) is 1.63. The summed E-state index contributed by atoms with van der Waals surface area (Å²) in [5.41, 5.74) is -0.803. The quantitative estimate of drug-likeness (QED) is 0.757. The van der Waals surface area contributed by atoms with E-state index < -0.39 is 23.3 Å². The van der Waals surface area contributed by atoms with E-state index in [1.54, 1.807) is 6.07 Å². The SMILES string of the molecule is Oc1cc(-c2ccccc2F)ccc1C(F)(F)F. The number of benzene rings is 2. The van der Waals surface area contributed by atoms with Crippen LogP contribution in [0.2, 0.25) is 0 Å². The second-order valence-corrected chi connectivity index (χ2v) is 3.71. The van der Waals surface area contributed by atoms with Crippen molar-refractivity contribution in [3.8, 4) is 16.9 Å². The monoisotopic (exact) mass is 256 g/mol. The molecule has 0 saturated carbocycles. The van der Waals surface area contributed by atoms with Crippen LogP contribution in [0.4, 0.5) is 17.6 Å². The zero-order valence-corrected chi connectivity index (χ0v) is 9.00. The fraction of sp³-hybridized carbons (Fsp3) is 0.0769. The molecule has 1 nitrogen and oxygen atoms in total. The first-order valence-electron chi connectivity index (χ1n) is 5.04. The second kappa shape index (κ2) is 4.33. The van der Waals surface area contributed by atoms with Gasteiger partial charge < -0.3 is 5.11 Å². The molecule has 0 bridgehead atoms. The van der Waals surface area contributed by atoms with E-state index >= 15 is 0 Å². The van der Waals surface area contributed by atoms with Crippen molar-refractivity contribution in [3.05, 3.63) is 53.8 Å². The Hall–Kier alpha value is -2.04. The molecule has 2 rings (SSSR count). The van der Waals surface area contributed by atoms with Crippen molar-refractivity contribution < 1.29 is 22.7 Å². The summed E-state index contributed by atoms with van der Waals surface area (Å²) in [6, 6.07) is 8.43. The molecule has 0 aliphatic carbocycles. The number of hydrogen-bond donors (Lipinski definition) is 1. The van der Waals surface area contributed by atoms with Crippen molar-refractivity contribution in [2.75, 3.05) is 0 Å². The molecule has 0 fully saturated rings. The first-order valence-corrected chi connectivity index (χ1v) is 5.04. The molecule has 0 aliphatic rings. The van der Waals surface area contributed by atoms with Crippen LogP contribution < -0.4 is 0 Å². The van der Waals surface area contributed by atoms with E-state index in [-0.39, 0.29) is 11.1 Å². The highest BCUT2D eigenvalue weighted by Crippen LogP contribution is 2.38. The second-order valence-electron chi connectivity index (χ2n) is 3.71. The van der Waals surface area contributed by atoms with Gasteiger partial charge in [0.1, 0.15) is 11.6 Å². The molecule has 1 N–H and O–H groups in total. The van der Waals surface area contributed by atoms with Gasteiger partial charge in [-0.25, -0.2) is 4.39 Å². The van der Waals surface area contributed by atoms with E-state index in [0.29, 0.717) is 0 Å². The lowest BCUT2D eigenvalue weighted by molar-refractivity contribution is -0.138. The Bertz CT molecular complexity index is 575. The van der Waals surface area contributed by atoms with Gasteiger partial charge in [0.25, 0.3) is 0 Å². The molecule has 0 aliphatic heterocycles. The van der Waals surface area contributed by atoms with Gasteiger partial charge in [-0.3, -0.25) is 0 Å². The van der Waals surface area contributed by atoms with Gasteiger partial charge in [0.05, 0.1) is 5.56 Å². The maximum absolute atomic E-state index is 13.4. The van der Waals surface area contributed by atoms with Gasteiger partial charge in [-0.05, 0) is 23.8 Å². The standard InChI is InChI=1S/C13H8F4O/c14-11-4-2-1-3-9(11)8-5-6-10(12(18)7-8)13(15,16)17/h1-7,18H. The Morgan fingerprint density at radius 1 is 0.944 bits per heavy atom. The first kappa shape index (κ1) is 12.4. The molecule has 0 radical (unpaired) electrons. The number of aromatic hydroxyl groups is 1. The average molecular weight is 256 g/mol. The summed E-state index contributed by atoms with van der Waals surface area (Å²) in [5.74, 6) is -1.47. The van der Waals surface area contributed by atoms with Gasteiger partial charge in [-0.15, -0.1) is 0 Å². The Morgan fingerprint density at radius 3 is 2.17 bits per heavy atom. The number of alkyl halides is 3. The predicted octanol–water partition coefficient (Wildman–Crippen LogP) is 4.22. The summed E-state index contributed by atoms with van der Waals surface area (Å²) in [6.07, 6.45) is -4.63. The van der Waals surface area contributed by atoms with E-state index in [1.807, 2.05) is 0 Å². The summed E-state index contributed by atoms with van der Waals surface area (Å²) < 4.78 is 50.7. The Morgan fingerprint density at radius 2 is 1.61 bits per heavy atom. The van der Waals surface area contributed by atoms with Crippen LogP contribution in [0.25, 0.3) is 11.1 Å². The zero-order chi connectivity index (χ0) is 13.3. The minimum absolute atomic E-state index is 0.140. The van der Waals surface area contributed by atoms with Crippen LogP contribution in [-0.4, -0.2) is 5.11 Å². The largest absolute Gasteiger partial charge is 0.507 e. The van der Waals surface area contributed by atoms with Crippen LogP contribution in [0, 0.1) is 5.82 Å². The van der Waals surface area contributed by atoms with Crippen molar-refractivity contribution in [2.45, 2.75) is 6.18 Å². The van der Waals surface area contributed by atoms with Crippen molar-refractivity contribution in [3.63, 3.8) is 0 Å². The van der Waals surface area contributed by atoms with Crippen LogP contribution in [0.3, 0.4) is 0 Å². The maximum atomic E-state index is 13.4. The maximum Gasteiger partial charge on any atom is 0.419 e. The van der Waals surface area contributed by atoms with Gasteiger partial charge >= 0.3 is 6.18 Å². The molecule has 0 saturated heterocycles. The van der Waals surface area contributed by atoms with Crippen molar-refractivity contribution in [2.24, 2.45) is 0 Å².